The summed E-state index contributed by atoms with van der Waals surface area (Å²) in [6, 6.07) is 18.7. The molecule has 4 heterocycles. The molecule has 12 nitrogen and oxygen atoms in total. The van der Waals surface area contributed by atoms with Crippen LogP contribution < -0.4 is 15.5 Å². The minimum absolute atomic E-state index is 0.0373. The molecule has 54 heavy (non-hydrogen) atoms. The van der Waals surface area contributed by atoms with E-state index >= 15 is 0 Å². The fourth-order valence-electron chi connectivity index (χ4n) is 6.99. The Kier molecular flexibility index (Phi) is 8.52. The van der Waals surface area contributed by atoms with Crippen LogP contribution in [0.25, 0.3) is 11.1 Å². The standard InChI is InChI=1S/C39H31Cl2FN8O4/c1-37(16-22-2-4-23(17-43)5-3-22)35(54)49(27-14-28(40)32(42)29(41)15-27)36-46-20-30(50(36)37)33(52)47-39(12-13-39)34(53)48-38(10-11-38)31-9-7-25(19-45-31)24-6-8-26(21-51)44-18-24/h2-9,14-15,18-20,51H,10-13,16,21H2,1H3,(H,47,52)(H,48,53)/t37-/m1/s1. The number of pyridine rings is 2. The quantitative estimate of drug-likeness (QED) is 0.149. The Morgan fingerprint density at radius 2 is 1.59 bits per heavy atom. The van der Waals surface area contributed by atoms with Crippen LogP contribution in [0.1, 0.15) is 65.6 Å². The zero-order chi connectivity index (χ0) is 38.0. The van der Waals surface area contributed by atoms with Crippen LogP contribution in [0.15, 0.2) is 79.3 Å². The van der Waals surface area contributed by atoms with Gasteiger partial charge in [0, 0.05) is 29.9 Å². The summed E-state index contributed by atoms with van der Waals surface area (Å²) in [4.78, 5) is 57.1. The molecular formula is C39H31Cl2FN8O4. The number of hydrogen-bond donors (Lipinski definition) is 3. The largest absolute Gasteiger partial charge is 0.390 e. The lowest BCUT2D eigenvalue weighted by atomic mass is 9.91. The topological polar surface area (TPSA) is 166 Å². The van der Waals surface area contributed by atoms with Crippen molar-refractivity contribution < 1.29 is 23.9 Å². The molecule has 0 bridgehead atoms. The Bertz CT molecular complexity index is 2360. The number of nitrogens with zero attached hydrogens (tertiary/aromatic N) is 6. The Hall–Kier alpha value is -5.68. The molecule has 0 saturated heterocycles. The first-order chi connectivity index (χ1) is 25.9. The lowest BCUT2D eigenvalue weighted by Gasteiger charge is -2.27. The van der Waals surface area contributed by atoms with Gasteiger partial charge >= 0.3 is 0 Å². The van der Waals surface area contributed by atoms with Crippen LogP contribution in [0.3, 0.4) is 0 Å². The van der Waals surface area contributed by atoms with Crippen molar-refractivity contribution in [2.75, 3.05) is 4.90 Å². The first kappa shape index (κ1) is 35.4. The smallest absolute Gasteiger partial charge is 0.270 e. The van der Waals surface area contributed by atoms with Gasteiger partial charge < -0.3 is 15.7 Å². The molecule has 0 unspecified atom stereocenters. The number of carbonyl (C=O) groups excluding carboxylic acids is 3. The van der Waals surface area contributed by atoms with Crippen LogP contribution in [-0.4, -0.2) is 47.9 Å². The first-order valence-electron chi connectivity index (χ1n) is 17.1. The highest BCUT2D eigenvalue weighted by Crippen LogP contribution is 2.48. The number of fused-ring (bicyclic) bond motifs is 1. The number of nitriles is 1. The molecule has 5 aromatic rings. The van der Waals surface area contributed by atoms with E-state index in [1.165, 1.54) is 27.8 Å². The third-order valence-electron chi connectivity index (χ3n) is 10.4. The number of aliphatic hydroxyl groups is 1. The van der Waals surface area contributed by atoms with Gasteiger partial charge in [-0.3, -0.25) is 28.9 Å². The molecule has 3 amide bonds. The number of aromatic nitrogens is 4. The van der Waals surface area contributed by atoms with Gasteiger partial charge in [0.25, 0.3) is 11.8 Å². The summed E-state index contributed by atoms with van der Waals surface area (Å²) in [6.07, 6.45) is 7.01. The van der Waals surface area contributed by atoms with E-state index in [1.807, 2.05) is 18.2 Å². The molecule has 15 heteroatoms. The maximum absolute atomic E-state index is 14.4. The molecule has 272 valence electrons. The number of anilines is 2. The third-order valence-corrected chi connectivity index (χ3v) is 11.0. The van der Waals surface area contributed by atoms with Gasteiger partial charge in [-0.1, -0.05) is 47.5 Å². The minimum atomic E-state index is -1.42. The highest BCUT2D eigenvalue weighted by molar-refractivity contribution is 6.35. The molecule has 2 aliphatic carbocycles. The zero-order valence-corrected chi connectivity index (χ0v) is 30.2. The van der Waals surface area contributed by atoms with Crippen LogP contribution in [0.2, 0.25) is 10.0 Å². The summed E-state index contributed by atoms with van der Waals surface area (Å²) in [6.45, 7) is 1.52. The second-order valence-electron chi connectivity index (χ2n) is 14.1. The SMILES string of the molecule is C[C@@]1(Cc2ccc(C#N)cc2)C(=O)N(c2cc(Cl)c(F)c(Cl)c2)c2ncc(C(=O)NC3(C(=O)NC4(c5ccc(-c6ccc(CO)nc6)cn5)CC4)CC3)n21. The van der Waals surface area contributed by atoms with Crippen molar-refractivity contribution in [3.8, 4) is 17.2 Å². The van der Waals surface area contributed by atoms with E-state index < -0.39 is 34.2 Å². The van der Waals surface area contributed by atoms with Crippen LogP contribution in [0.5, 0.6) is 0 Å². The van der Waals surface area contributed by atoms with Crippen molar-refractivity contribution in [3.63, 3.8) is 0 Å². The summed E-state index contributed by atoms with van der Waals surface area (Å²) in [5.41, 5.74) is 1.02. The molecule has 1 atom stereocenters. The predicted octanol–water partition coefficient (Wildman–Crippen LogP) is 5.85. The molecule has 8 rings (SSSR count). The Morgan fingerprint density at radius 3 is 2.15 bits per heavy atom. The van der Waals surface area contributed by atoms with E-state index in [0.29, 0.717) is 48.2 Å². The number of rotatable bonds is 10. The third kappa shape index (κ3) is 5.96. The van der Waals surface area contributed by atoms with E-state index in [0.717, 1.165) is 11.1 Å². The monoisotopic (exact) mass is 764 g/mol. The van der Waals surface area contributed by atoms with E-state index in [2.05, 4.69) is 31.7 Å². The van der Waals surface area contributed by atoms with Crippen LogP contribution in [0, 0.1) is 17.1 Å². The average Bonchev–Trinajstić information content (AvgIpc) is 4.09. The molecule has 1 aliphatic heterocycles. The van der Waals surface area contributed by atoms with Gasteiger partial charge in [-0.15, -0.1) is 0 Å². The summed E-state index contributed by atoms with van der Waals surface area (Å²) >= 11 is 12.3. The highest BCUT2D eigenvalue weighted by Gasteiger charge is 2.57. The number of hydrogen-bond acceptors (Lipinski definition) is 8. The van der Waals surface area contributed by atoms with Crippen LogP contribution in [0.4, 0.5) is 16.0 Å². The van der Waals surface area contributed by atoms with Gasteiger partial charge in [0.15, 0.2) is 5.82 Å². The summed E-state index contributed by atoms with van der Waals surface area (Å²) in [5, 5.41) is 24.1. The Balaban J connectivity index is 1.06. The molecule has 0 spiro atoms. The van der Waals surface area contributed by atoms with E-state index in [1.54, 1.807) is 49.6 Å². The second kappa shape index (κ2) is 13.0. The van der Waals surface area contributed by atoms with Gasteiger partial charge in [-0.25, -0.2) is 14.3 Å². The Labute approximate surface area is 318 Å². The van der Waals surface area contributed by atoms with Crippen molar-refractivity contribution in [2.24, 2.45) is 0 Å². The minimum Gasteiger partial charge on any atom is -0.390 e. The molecule has 3 aromatic heterocycles. The van der Waals surface area contributed by atoms with Gasteiger partial charge in [-0.2, -0.15) is 5.26 Å². The van der Waals surface area contributed by atoms with Crippen molar-refractivity contribution in [1.29, 1.82) is 5.26 Å². The molecule has 2 fully saturated rings. The van der Waals surface area contributed by atoms with Gasteiger partial charge in [-0.05, 0) is 74.6 Å². The fraction of sp³-hybridized carbons (Fsp3) is 0.256. The first-order valence-corrected chi connectivity index (χ1v) is 17.9. The van der Waals surface area contributed by atoms with Gasteiger partial charge in [0.05, 0.1) is 57.1 Å². The molecule has 2 aromatic carbocycles. The van der Waals surface area contributed by atoms with Crippen LogP contribution in [-0.2, 0) is 33.7 Å². The second-order valence-corrected chi connectivity index (χ2v) is 14.9. The van der Waals surface area contributed by atoms with Crippen LogP contribution >= 0.6 is 23.2 Å². The van der Waals surface area contributed by atoms with Crippen molar-refractivity contribution in [3.05, 3.63) is 123 Å². The van der Waals surface area contributed by atoms with Gasteiger partial charge in [0.1, 0.15) is 16.8 Å². The molecular weight excluding hydrogens is 734 g/mol. The van der Waals surface area contributed by atoms with Crippen molar-refractivity contribution >= 4 is 52.6 Å². The molecule has 2 saturated carbocycles. The van der Waals surface area contributed by atoms with Crippen molar-refractivity contribution in [1.82, 2.24) is 30.2 Å². The van der Waals surface area contributed by atoms with E-state index in [-0.39, 0.29) is 46.3 Å². The average molecular weight is 766 g/mol. The highest BCUT2D eigenvalue weighted by atomic mass is 35.5. The Morgan fingerprint density at radius 1 is 0.926 bits per heavy atom. The number of amides is 3. The summed E-state index contributed by atoms with van der Waals surface area (Å²) in [5.74, 6) is -2.17. The molecule has 3 N–H and O–H groups in total. The maximum Gasteiger partial charge on any atom is 0.270 e. The van der Waals surface area contributed by atoms with Gasteiger partial charge in [0.2, 0.25) is 11.9 Å². The summed E-state index contributed by atoms with van der Waals surface area (Å²) in [7, 11) is 0. The van der Waals surface area contributed by atoms with E-state index in [4.69, 9.17) is 23.2 Å². The number of imidazole rings is 1. The fourth-order valence-corrected chi connectivity index (χ4v) is 7.46. The van der Waals surface area contributed by atoms with Crippen molar-refractivity contribution in [2.45, 2.75) is 62.3 Å². The lowest BCUT2D eigenvalue weighted by molar-refractivity contribution is -0.125. The summed E-state index contributed by atoms with van der Waals surface area (Å²) < 4.78 is 15.9. The number of aliphatic hydroxyl groups excluding tert-OH is 1. The number of benzene rings is 2. The number of halogens is 3. The maximum atomic E-state index is 14.4. The number of carbonyl (C=O) groups is 3. The predicted molar refractivity (Wildman–Crippen MR) is 196 cm³/mol. The normalized spacial score (nSPS) is 18.8. The zero-order valence-electron chi connectivity index (χ0n) is 28.7. The number of nitrogens with one attached hydrogen (secondary N) is 2. The molecule has 0 radical (unpaired) electrons. The molecule has 3 aliphatic rings. The van der Waals surface area contributed by atoms with E-state index in [9.17, 15) is 29.1 Å². The lowest BCUT2D eigenvalue weighted by Crippen LogP contribution is -2.52.